The van der Waals surface area contributed by atoms with Gasteiger partial charge in [-0.2, -0.15) is 0 Å². The van der Waals surface area contributed by atoms with Crippen LogP contribution in [0.3, 0.4) is 0 Å². The summed E-state index contributed by atoms with van der Waals surface area (Å²) in [6, 6.07) is 68.3. The van der Waals surface area contributed by atoms with Gasteiger partial charge in [-0.25, -0.2) is 15.0 Å². The summed E-state index contributed by atoms with van der Waals surface area (Å²) in [7, 11) is 0. The Labute approximate surface area is 307 Å². The van der Waals surface area contributed by atoms with Crippen LogP contribution in [0, 0.1) is 0 Å². The van der Waals surface area contributed by atoms with Crippen molar-refractivity contribution in [3.63, 3.8) is 0 Å². The summed E-state index contributed by atoms with van der Waals surface area (Å²) in [5.74, 6) is 1.94. The number of hydrogen-bond donors (Lipinski definition) is 0. The van der Waals surface area contributed by atoms with Gasteiger partial charge in [0.25, 0.3) is 0 Å². The fourth-order valence-corrected chi connectivity index (χ4v) is 7.40. The molecule has 0 unspecified atom stereocenters. The minimum Gasteiger partial charge on any atom is -0.309 e. The van der Waals surface area contributed by atoms with E-state index in [-0.39, 0.29) is 0 Å². The largest absolute Gasteiger partial charge is 0.309 e. The van der Waals surface area contributed by atoms with E-state index in [1.807, 2.05) is 60.7 Å². The number of para-hydroxylation sites is 1. The molecule has 53 heavy (non-hydrogen) atoms. The zero-order chi connectivity index (χ0) is 35.1. The van der Waals surface area contributed by atoms with E-state index in [4.69, 9.17) is 15.0 Å². The number of hydrogen-bond acceptors (Lipinski definition) is 3. The normalized spacial score (nSPS) is 11.4. The van der Waals surface area contributed by atoms with E-state index in [2.05, 4.69) is 138 Å². The number of fused-ring (bicyclic) bond motifs is 4. The van der Waals surface area contributed by atoms with Gasteiger partial charge in [-0.15, -0.1) is 0 Å². The second-order valence-corrected chi connectivity index (χ2v) is 13.3. The third-order valence-electron chi connectivity index (χ3n) is 10.0. The van der Waals surface area contributed by atoms with E-state index in [1.165, 1.54) is 43.7 Å². The van der Waals surface area contributed by atoms with Crippen molar-refractivity contribution in [2.24, 2.45) is 0 Å². The van der Waals surface area contributed by atoms with Crippen molar-refractivity contribution >= 4 is 32.6 Å². The van der Waals surface area contributed by atoms with Gasteiger partial charge < -0.3 is 4.57 Å². The van der Waals surface area contributed by atoms with Crippen LogP contribution in [0.1, 0.15) is 0 Å². The first-order valence-corrected chi connectivity index (χ1v) is 17.9. The molecule has 8 aromatic carbocycles. The van der Waals surface area contributed by atoms with Crippen molar-refractivity contribution in [2.45, 2.75) is 0 Å². The fourth-order valence-electron chi connectivity index (χ4n) is 7.40. The molecule has 0 saturated heterocycles. The average molecular weight is 677 g/mol. The molecular weight excluding hydrogens is 645 g/mol. The summed E-state index contributed by atoms with van der Waals surface area (Å²) in [6.07, 6.45) is 0. The molecule has 248 valence electrons. The number of aromatic nitrogens is 4. The molecule has 0 fully saturated rings. The molecular formula is C49H32N4. The van der Waals surface area contributed by atoms with Crippen LogP contribution in [0.15, 0.2) is 194 Å². The monoisotopic (exact) mass is 676 g/mol. The lowest BCUT2D eigenvalue weighted by molar-refractivity contribution is 1.07. The number of benzene rings is 8. The average Bonchev–Trinajstić information content (AvgIpc) is 3.58. The van der Waals surface area contributed by atoms with Crippen molar-refractivity contribution in [1.29, 1.82) is 0 Å². The summed E-state index contributed by atoms with van der Waals surface area (Å²) < 4.78 is 2.40. The minimum absolute atomic E-state index is 0.638. The minimum atomic E-state index is 0.638. The molecule has 0 N–H and O–H groups in total. The van der Waals surface area contributed by atoms with Gasteiger partial charge in [-0.05, 0) is 69.4 Å². The lowest BCUT2D eigenvalue weighted by Crippen LogP contribution is -2.00. The Morgan fingerprint density at radius 3 is 1.55 bits per heavy atom. The van der Waals surface area contributed by atoms with Crippen molar-refractivity contribution in [3.8, 4) is 62.1 Å². The molecule has 0 aliphatic rings. The highest BCUT2D eigenvalue weighted by Gasteiger charge is 2.16. The van der Waals surface area contributed by atoms with Crippen LogP contribution in [0.5, 0.6) is 0 Å². The molecule has 0 radical (unpaired) electrons. The van der Waals surface area contributed by atoms with E-state index in [1.54, 1.807) is 0 Å². The Balaban J connectivity index is 1.09. The number of nitrogens with zero attached hydrogens (tertiary/aromatic N) is 4. The SMILES string of the molecule is c1ccc(-c2nc(-c3ccccc3)nc(-c3cccc(-c4cccc(-n5c6ccccc6c6ccc(-c7ccc8ccccc8c7)cc65)c4)c3)n2)cc1. The molecule has 0 bridgehead atoms. The molecule has 2 heterocycles. The van der Waals surface area contributed by atoms with Crippen LogP contribution in [0.25, 0.3) is 94.7 Å². The Morgan fingerprint density at radius 2 is 0.792 bits per heavy atom. The van der Waals surface area contributed by atoms with Gasteiger partial charge in [0.05, 0.1) is 11.0 Å². The first kappa shape index (κ1) is 30.6. The summed E-state index contributed by atoms with van der Waals surface area (Å²) in [5, 5.41) is 4.95. The molecule has 0 atom stereocenters. The molecule has 0 amide bonds. The molecule has 10 aromatic rings. The van der Waals surface area contributed by atoms with Crippen molar-refractivity contribution in [3.05, 3.63) is 194 Å². The molecule has 4 nitrogen and oxygen atoms in total. The third-order valence-corrected chi connectivity index (χ3v) is 10.0. The Kier molecular flexibility index (Phi) is 7.43. The van der Waals surface area contributed by atoms with Crippen molar-refractivity contribution in [2.75, 3.05) is 0 Å². The highest BCUT2D eigenvalue weighted by atomic mass is 15.0. The maximum Gasteiger partial charge on any atom is 0.164 e. The van der Waals surface area contributed by atoms with Gasteiger partial charge in [-0.1, -0.05) is 158 Å². The van der Waals surface area contributed by atoms with Gasteiger partial charge in [-0.3, -0.25) is 0 Å². The Hall–Kier alpha value is -7.17. The maximum absolute atomic E-state index is 4.98. The second kappa shape index (κ2) is 12.9. The second-order valence-electron chi connectivity index (χ2n) is 13.3. The van der Waals surface area contributed by atoms with E-state index in [0.29, 0.717) is 17.5 Å². The van der Waals surface area contributed by atoms with Crippen LogP contribution in [-0.4, -0.2) is 19.5 Å². The van der Waals surface area contributed by atoms with E-state index >= 15 is 0 Å². The molecule has 0 aliphatic heterocycles. The highest BCUT2D eigenvalue weighted by Crippen LogP contribution is 2.37. The zero-order valence-corrected chi connectivity index (χ0v) is 28.8. The van der Waals surface area contributed by atoms with Gasteiger partial charge >= 0.3 is 0 Å². The first-order chi connectivity index (χ1) is 26.2. The Bertz CT molecular complexity index is 2890. The summed E-state index contributed by atoms with van der Waals surface area (Å²) in [5.41, 5.74) is 10.9. The summed E-state index contributed by atoms with van der Waals surface area (Å²) in [4.78, 5) is 14.9. The fraction of sp³-hybridized carbons (Fsp3) is 0. The van der Waals surface area contributed by atoms with Crippen LogP contribution >= 0.6 is 0 Å². The van der Waals surface area contributed by atoms with Crippen LogP contribution in [0.2, 0.25) is 0 Å². The number of rotatable bonds is 6. The third kappa shape index (κ3) is 5.63. The summed E-state index contributed by atoms with van der Waals surface area (Å²) in [6.45, 7) is 0. The quantitative estimate of drug-likeness (QED) is 0.176. The molecule has 0 saturated carbocycles. The topological polar surface area (TPSA) is 43.6 Å². The highest BCUT2D eigenvalue weighted by molar-refractivity contribution is 6.10. The first-order valence-electron chi connectivity index (χ1n) is 17.9. The molecule has 4 heteroatoms. The Morgan fingerprint density at radius 1 is 0.283 bits per heavy atom. The molecule has 10 rings (SSSR count). The van der Waals surface area contributed by atoms with E-state index in [9.17, 15) is 0 Å². The van der Waals surface area contributed by atoms with Crippen LogP contribution in [0.4, 0.5) is 0 Å². The molecule has 0 aliphatic carbocycles. The van der Waals surface area contributed by atoms with E-state index < -0.39 is 0 Å². The molecule has 0 spiro atoms. The van der Waals surface area contributed by atoms with Crippen molar-refractivity contribution in [1.82, 2.24) is 19.5 Å². The van der Waals surface area contributed by atoms with Crippen LogP contribution in [-0.2, 0) is 0 Å². The smallest absolute Gasteiger partial charge is 0.164 e. The maximum atomic E-state index is 4.98. The lowest BCUT2D eigenvalue weighted by atomic mass is 10.00. The van der Waals surface area contributed by atoms with Crippen LogP contribution < -0.4 is 0 Å². The predicted octanol–water partition coefficient (Wildman–Crippen LogP) is 12.5. The predicted molar refractivity (Wildman–Crippen MR) is 219 cm³/mol. The van der Waals surface area contributed by atoms with Gasteiger partial charge in [0.1, 0.15) is 0 Å². The van der Waals surface area contributed by atoms with Gasteiger partial charge in [0.2, 0.25) is 0 Å². The molecule has 2 aromatic heterocycles. The van der Waals surface area contributed by atoms with Gasteiger partial charge in [0, 0.05) is 33.2 Å². The summed E-state index contributed by atoms with van der Waals surface area (Å²) >= 11 is 0. The van der Waals surface area contributed by atoms with Gasteiger partial charge in [0.15, 0.2) is 17.5 Å². The lowest BCUT2D eigenvalue weighted by Gasteiger charge is -2.12. The van der Waals surface area contributed by atoms with E-state index in [0.717, 1.165) is 33.5 Å². The van der Waals surface area contributed by atoms with Crippen molar-refractivity contribution < 1.29 is 0 Å². The standard InChI is InChI=1S/C49H32N4/c1-3-14-34(15-4-1)47-50-48(35-16-5-2-6-17-35)52-49(51-47)41-21-11-19-37(30-41)38-20-12-22-42(31-38)53-45-24-10-9-23-43(45)44-28-27-40(32-46(44)53)39-26-25-33-13-7-8-18-36(33)29-39/h1-32H. The zero-order valence-electron chi connectivity index (χ0n) is 28.8.